The fourth-order valence-corrected chi connectivity index (χ4v) is 3.77. The highest BCUT2D eigenvalue weighted by Gasteiger charge is 2.32. The van der Waals surface area contributed by atoms with Gasteiger partial charge in [-0.15, -0.1) is 0 Å². The topological polar surface area (TPSA) is 80.6 Å². The molecule has 1 fully saturated rings. The first-order valence-corrected chi connectivity index (χ1v) is 10.2. The van der Waals surface area contributed by atoms with Crippen LogP contribution in [-0.4, -0.2) is 64.3 Å². The van der Waals surface area contributed by atoms with E-state index >= 15 is 0 Å². The highest BCUT2D eigenvalue weighted by Crippen LogP contribution is 2.33. The molecule has 0 saturated carbocycles. The predicted octanol–water partition coefficient (Wildman–Crippen LogP) is 2.54. The lowest BCUT2D eigenvalue weighted by molar-refractivity contribution is -0.151. The number of hydrogen-bond acceptors (Lipinski definition) is 6. The van der Waals surface area contributed by atoms with E-state index in [1.54, 1.807) is 23.6 Å². The molecule has 0 aliphatic carbocycles. The Balaban J connectivity index is 1.50. The van der Waals surface area contributed by atoms with E-state index in [0.29, 0.717) is 26.2 Å². The third kappa shape index (κ3) is 5.32. The monoisotopic (exact) mass is 473 g/mol. The molecule has 3 heterocycles. The zero-order valence-corrected chi connectivity index (χ0v) is 18.6. The molecule has 12 heteroatoms. The molecule has 0 unspecified atom stereocenters. The fraction of sp³-hybridized carbons (Fsp3) is 0.500. The zero-order chi connectivity index (χ0) is 23.6. The molecule has 0 spiro atoms. The van der Waals surface area contributed by atoms with Crippen LogP contribution in [0.4, 0.5) is 19.0 Å². The van der Waals surface area contributed by atoms with Crippen LogP contribution in [-0.2, 0) is 34.0 Å². The summed E-state index contributed by atoms with van der Waals surface area (Å²) in [6.45, 7) is 4.56. The largest absolute Gasteiger partial charge is 0.455 e. The number of pyridine rings is 1. The van der Waals surface area contributed by atoms with Crippen molar-refractivity contribution >= 4 is 29.3 Å². The Hall–Kier alpha value is -2.82. The number of aromatic nitrogens is 3. The Morgan fingerprint density at radius 1 is 1.19 bits per heavy atom. The SMILES string of the molecule is Cc1nn(C)c(C)c1CC(=O)OCC(=O)N1CCN(c2ncc(C(F)(F)F)cc2Cl)CC1. The summed E-state index contributed by atoms with van der Waals surface area (Å²) in [5.41, 5.74) is 1.45. The summed E-state index contributed by atoms with van der Waals surface area (Å²) < 4.78 is 45.1. The maximum atomic E-state index is 12.8. The third-order valence-electron chi connectivity index (χ3n) is 5.42. The van der Waals surface area contributed by atoms with Crippen LogP contribution in [0.25, 0.3) is 0 Å². The summed E-state index contributed by atoms with van der Waals surface area (Å²) in [4.78, 5) is 31.6. The van der Waals surface area contributed by atoms with E-state index in [0.717, 1.165) is 29.2 Å². The van der Waals surface area contributed by atoms with E-state index in [4.69, 9.17) is 16.3 Å². The number of ether oxygens (including phenoxy) is 1. The van der Waals surface area contributed by atoms with E-state index in [1.165, 1.54) is 4.90 Å². The van der Waals surface area contributed by atoms with Gasteiger partial charge in [0.2, 0.25) is 0 Å². The molecule has 0 radical (unpaired) electrons. The first-order valence-electron chi connectivity index (χ1n) is 9.87. The second kappa shape index (κ2) is 9.35. The van der Waals surface area contributed by atoms with Gasteiger partial charge in [0, 0.05) is 50.7 Å². The molecule has 32 heavy (non-hydrogen) atoms. The minimum atomic E-state index is -4.52. The molecule has 2 aromatic heterocycles. The summed E-state index contributed by atoms with van der Waals surface area (Å²) in [6, 6.07) is 0.840. The van der Waals surface area contributed by atoms with Crippen molar-refractivity contribution in [3.63, 3.8) is 0 Å². The number of esters is 1. The number of anilines is 1. The lowest BCUT2D eigenvalue weighted by atomic mass is 10.1. The summed E-state index contributed by atoms with van der Waals surface area (Å²) in [7, 11) is 1.79. The van der Waals surface area contributed by atoms with Crippen LogP contribution >= 0.6 is 11.6 Å². The lowest BCUT2D eigenvalue weighted by Gasteiger charge is -2.35. The van der Waals surface area contributed by atoms with Gasteiger partial charge in [0.25, 0.3) is 5.91 Å². The molecule has 174 valence electrons. The number of carbonyl (C=O) groups is 2. The minimum absolute atomic E-state index is 0.0324. The van der Waals surface area contributed by atoms with Gasteiger partial charge in [-0.05, 0) is 19.9 Å². The molecule has 2 aromatic rings. The van der Waals surface area contributed by atoms with Gasteiger partial charge in [-0.3, -0.25) is 14.3 Å². The second-order valence-corrected chi connectivity index (χ2v) is 7.91. The number of amides is 1. The first kappa shape index (κ1) is 23.8. The standard InChI is InChI=1S/C20H23ClF3N5O3/c1-12-15(13(2)27(3)26-12)9-18(31)32-11-17(30)28-4-6-29(7-5-28)19-16(21)8-14(10-25-19)20(22,23)24/h8,10H,4-7,9,11H2,1-3H3. The van der Waals surface area contributed by atoms with Gasteiger partial charge in [0.1, 0.15) is 5.82 Å². The molecule has 0 atom stereocenters. The Morgan fingerprint density at radius 3 is 2.38 bits per heavy atom. The first-order chi connectivity index (χ1) is 15.0. The Kier molecular flexibility index (Phi) is 6.97. The average molecular weight is 474 g/mol. The van der Waals surface area contributed by atoms with Crippen molar-refractivity contribution in [2.24, 2.45) is 7.05 Å². The predicted molar refractivity (Wildman–Crippen MR) is 110 cm³/mol. The normalized spacial score (nSPS) is 14.6. The molecule has 3 rings (SSSR count). The van der Waals surface area contributed by atoms with Crippen LogP contribution in [0.15, 0.2) is 12.3 Å². The number of alkyl halides is 3. The molecule has 1 aliphatic rings. The highest BCUT2D eigenvalue weighted by atomic mass is 35.5. The smallest absolute Gasteiger partial charge is 0.417 e. The molecule has 8 nitrogen and oxygen atoms in total. The summed E-state index contributed by atoms with van der Waals surface area (Å²) in [5, 5.41) is 4.14. The van der Waals surface area contributed by atoms with Crippen molar-refractivity contribution in [2.45, 2.75) is 26.4 Å². The van der Waals surface area contributed by atoms with E-state index in [1.807, 2.05) is 6.92 Å². The van der Waals surface area contributed by atoms with E-state index < -0.39 is 17.7 Å². The Labute approximate surface area is 187 Å². The van der Waals surface area contributed by atoms with E-state index in [2.05, 4.69) is 10.1 Å². The highest BCUT2D eigenvalue weighted by molar-refractivity contribution is 6.33. The average Bonchev–Trinajstić information content (AvgIpc) is 2.97. The summed E-state index contributed by atoms with van der Waals surface area (Å²) in [5.74, 6) is -0.624. The van der Waals surface area contributed by atoms with Crippen LogP contribution in [0, 0.1) is 13.8 Å². The number of rotatable bonds is 5. The molecule has 1 aliphatic heterocycles. The van der Waals surface area contributed by atoms with Crippen molar-refractivity contribution in [1.82, 2.24) is 19.7 Å². The van der Waals surface area contributed by atoms with Crippen LogP contribution in [0.3, 0.4) is 0 Å². The van der Waals surface area contributed by atoms with Crippen LogP contribution in [0.1, 0.15) is 22.5 Å². The molecule has 0 N–H and O–H groups in total. The van der Waals surface area contributed by atoms with Gasteiger partial charge in [-0.25, -0.2) is 4.98 Å². The number of carbonyl (C=O) groups excluding carboxylic acids is 2. The van der Waals surface area contributed by atoms with Crippen LogP contribution in [0.2, 0.25) is 5.02 Å². The minimum Gasteiger partial charge on any atom is -0.455 e. The van der Waals surface area contributed by atoms with E-state index in [9.17, 15) is 22.8 Å². The van der Waals surface area contributed by atoms with Crippen molar-refractivity contribution in [1.29, 1.82) is 0 Å². The summed E-state index contributed by atoms with van der Waals surface area (Å²) >= 11 is 5.99. The number of aryl methyl sites for hydroxylation is 2. The van der Waals surface area contributed by atoms with Crippen molar-refractivity contribution in [2.75, 3.05) is 37.7 Å². The van der Waals surface area contributed by atoms with Crippen molar-refractivity contribution in [3.8, 4) is 0 Å². The molecule has 0 bridgehead atoms. The van der Waals surface area contributed by atoms with Gasteiger partial charge in [0.15, 0.2) is 6.61 Å². The molecule has 1 amide bonds. The Morgan fingerprint density at radius 2 is 1.84 bits per heavy atom. The number of halogens is 4. The van der Waals surface area contributed by atoms with Crippen LogP contribution < -0.4 is 4.90 Å². The number of hydrogen-bond donors (Lipinski definition) is 0. The molecule has 1 saturated heterocycles. The second-order valence-electron chi connectivity index (χ2n) is 7.51. The van der Waals surface area contributed by atoms with Crippen LogP contribution in [0.5, 0.6) is 0 Å². The fourth-order valence-electron chi connectivity index (χ4n) is 3.49. The van der Waals surface area contributed by atoms with Gasteiger partial charge < -0.3 is 14.5 Å². The van der Waals surface area contributed by atoms with Crippen molar-refractivity contribution in [3.05, 3.63) is 39.8 Å². The maximum Gasteiger partial charge on any atom is 0.417 e. The summed E-state index contributed by atoms with van der Waals surface area (Å²) in [6.07, 6.45) is -3.75. The van der Waals surface area contributed by atoms with Gasteiger partial charge in [-0.1, -0.05) is 11.6 Å². The lowest BCUT2D eigenvalue weighted by Crippen LogP contribution is -2.50. The van der Waals surface area contributed by atoms with Crippen molar-refractivity contribution < 1.29 is 27.5 Å². The number of nitrogens with zero attached hydrogens (tertiary/aromatic N) is 5. The zero-order valence-electron chi connectivity index (χ0n) is 17.9. The van der Waals surface area contributed by atoms with E-state index in [-0.39, 0.29) is 29.8 Å². The Bertz CT molecular complexity index is 1020. The van der Waals surface area contributed by atoms with Gasteiger partial charge in [-0.2, -0.15) is 18.3 Å². The third-order valence-corrected chi connectivity index (χ3v) is 5.70. The quantitative estimate of drug-likeness (QED) is 0.621. The van der Waals surface area contributed by atoms with Gasteiger partial charge >= 0.3 is 12.1 Å². The molecular formula is C20H23ClF3N5O3. The van der Waals surface area contributed by atoms with Gasteiger partial charge in [0.05, 0.1) is 22.7 Å². The molecular weight excluding hydrogens is 451 g/mol. The maximum absolute atomic E-state index is 12.8. The number of piperazine rings is 1. The molecule has 0 aromatic carbocycles.